The molecule has 0 amide bonds. The lowest BCUT2D eigenvalue weighted by Gasteiger charge is -2.12. The van der Waals surface area contributed by atoms with Gasteiger partial charge in [0, 0.05) is 28.9 Å². The highest BCUT2D eigenvalue weighted by Crippen LogP contribution is 2.33. The van der Waals surface area contributed by atoms with Crippen molar-refractivity contribution < 1.29 is 4.74 Å². The van der Waals surface area contributed by atoms with E-state index in [1.165, 1.54) is 5.56 Å². The Hall–Kier alpha value is -2.55. The Morgan fingerprint density at radius 2 is 1.90 bits per heavy atom. The number of rotatable bonds is 3. The summed E-state index contributed by atoms with van der Waals surface area (Å²) in [5.41, 5.74) is 7.95. The number of hydrogen-bond acceptors (Lipinski definition) is 3. The third-order valence-electron chi connectivity index (χ3n) is 3.56. The van der Waals surface area contributed by atoms with Crippen molar-refractivity contribution in [1.29, 1.82) is 0 Å². The normalized spacial score (nSPS) is 11.0. The van der Waals surface area contributed by atoms with Crippen LogP contribution in [0.4, 0.5) is 5.69 Å². The van der Waals surface area contributed by atoms with Crippen LogP contribution in [0.1, 0.15) is 25.3 Å². The molecule has 0 bridgehead atoms. The average molecular weight is 278 g/mol. The average Bonchev–Trinajstić information content (AvgIpc) is 2.51. The van der Waals surface area contributed by atoms with Crippen LogP contribution in [0, 0.1) is 0 Å². The van der Waals surface area contributed by atoms with Gasteiger partial charge in [-0.05, 0) is 41.8 Å². The quantitative estimate of drug-likeness (QED) is 0.704. The second kappa shape index (κ2) is 5.44. The Morgan fingerprint density at radius 3 is 2.71 bits per heavy atom. The zero-order valence-corrected chi connectivity index (χ0v) is 12.2. The standard InChI is InChI=1S/C18H18N2O/c1-12(2)13-4-3-5-14(10-13)21-18-7-6-17(19)16-11-20-9-8-15(16)18/h3-12H,19H2,1-2H3. The summed E-state index contributed by atoms with van der Waals surface area (Å²) in [7, 11) is 0. The minimum atomic E-state index is 0.473. The fourth-order valence-electron chi connectivity index (χ4n) is 2.34. The molecule has 0 unspecified atom stereocenters. The van der Waals surface area contributed by atoms with E-state index in [9.17, 15) is 0 Å². The van der Waals surface area contributed by atoms with Gasteiger partial charge in [0.05, 0.1) is 0 Å². The first kappa shape index (κ1) is 13.4. The van der Waals surface area contributed by atoms with E-state index in [0.29, 0.717) is 11.6 Å². The molecule has 21 heavy (non-hydrogen) atoms. The van der Waals surface area contributed by atoms with Crippen molar-refractivity contribution >= 4 is 16.5 Å². The lowest BCUT2D eigenvalue weighted by molar-refractivity contribution is 0.487. The van der Waals surface area contributed by atoms with Gasteiger partial charge in [-0.1, -0.05) is 26.0 Å². The number of fused-ring (bicyclic) bond motifs is 1. The second-order valence-electron chi connectivity index (χ2n) is 5.40. The molecule has 3 heteroatoms. The highest BCUT2D eigenvalue weighted by molar-refractivity contribution is 5.96. The molecule has 0 spiro atoms. The summed E-state index contributed by atoms with van der Waals surface area (Å²) in [6.45, 7) is 4.34. The summed E-state index contributed by atoms with van der Waals surface area (Å²) in [5.74, 6) is 2.10. The van der Waals surface area contributed by atoms with Gasteiger partial charge in [0.15, 0.2) is 0 Å². The SMILES string of the molecule is CC(C)c1cccc(Oc2ccc(N)c3cnccc23)c1. The molecule has 0 aliphatic rings. The number of hydrogen-bond donors (Lipinski definition) is 1. The molecular weight excluding hydrogens is 260 g/mol. The molecule has 0 saturated carbocycles. The molecule has 0 aliphatic heterocycles. The zero-order valence-electron chi connectivity index (χ0n) is 12.2. The van der Waals surface area contributed by atoms with Gasteiger partial charge in [0.25, 0.3) is 0 Å². The van der Waals surface area contributed by atoms with Crippen LogP contribution >= 0.6 is 0 Å². The lowest BCUT2D eigenvalue weighted by atomic mass is 10.0. The monoisotopic (exact) mass is 278 g/mol. The van der Waals surface area contributed by atoms with Gasteiger partial charge in [0.2, 0.25) is 0 Å². The lowest BCUT2D eigenvalue weighted by Crippen LogP contribution is -1.92. The van der Waals surface area contributed by atoms with Crippen LogP contribution in [-0.2, 0) is 0 Å². The van der Waals surface area contributed by atoms with E-state index in [2.05, 4.69) is 31.0 Å². The number of nitrogen functional groups attached to an aromatic ring is 1. The largest absolute Gasteiger partial charge is 0.457 e. The minimum absolute atomic E-state index is 0.473. The van der Waals surface area contributed by atoms with Crippen molar-refractivity contribution in [2.24, 2.45) is 0 Å². The molecule has 2 aromatic carbocycles. The number of ether oxygens (including phenoxy) is 1. The summed E-state index contributed by atoms with van der Waals surface area (Å²) in [6, 6.07) is 13.9. The first-order valence-electron chi connectivity index (χ1n) is 7.05. The van der Waals surface area contributed by atoms with Crippen molar-refractivity contribution in [3.05, 3.63) is 60.4 Å². The Bertz CT molecular complexity index is 781. The summed E-state index contributed by atoms with van der Waals surface area (Å²) >= 11 is 0. The van der Waals surface area contributed by atoms with Gasteiger partial charge in [-0.2, -0.15) is 0 Å². The molecular formula is C18H18N2O. The van der Waals surface area contributed by atoms with Crippen molar-refractivity contribution in [2.45, 2.75) is 19.8 Å². The van der Waals surface area contributed by atoms with Gasteiger partial charge >= 0.3 is 0 Å². The predicted molar refractivity (Wildman–Crippen MR) is 86.8 cm³/mol. The summed E-state index contributed by atoms with van der Waals surface area (Å²) in [6.07, 6.45) is 3.52. The second-order valence-corrected chi connectivity index (χ2v) is 5.40. The third kappa shape index (κ3) is 2.68. The molecule has 3 rings (SSSR count). The van der Waals surface area contributed by atoms with Gasteiger partial charge < -0.3 is 10.5 Å². The molecule has 3 nitrogen and oxygen atoms in total. The van der Waals surface area contributed by atoms with Crippen molar-refractivity contribution in [1.82, 2.24) is 4.98 Å². The summed E-state index contributed by atoms with van der Waals surface area (Å²) in [5, 5.41) is 1.88. The van der Waals surface area contributed by atoms with Gasteiger partial charge in [0.1, 0.15) is 11.5 Å². The third-order valence-corrected chi connectivity index (χ3v) is 3.56. The Balaban J connectivity index is 2.02. The van der Waals surface area contributed by atoms with Crippen LogP contribution in [0.25, 0.3) is 10.8 Å². The molecule has 1 aromatic heterocycles. The van der Waals surface area contributed by atoms with Gasteiger partial charge in [-0.3, -0.25) is 4.98 Å². The van der Waals surface area contributed by atoms with Crippen molar-refractivity contribution in [2.75, 3.05) is 5.73 Å². The smallest absolute Gasteiger partial charge is 0.135 e. The zero-order chi connectivity index (χ0) is 14.8. The summed E-state index contributed by atoms with van der Waals surface area (Å²) in [4.78, 5) is 4.12. The van der Waals surface area contributed by atoms with Crippen molar-refractivity contribution in [3.8, 4) is 11.5 Å². The van der Waals surface area contributed by atoms with E-state index < -0.39 is 0 Å². The number of anilines is 1. The minimum Gasteiger partial charge on any atom is -0.457 e. The molecule has 3 aromatic rings. The Morgan fingerprint density at radius 1 is 1.05 bits per heavy atom. The number of aromatic nitrogens is 1. The topological polar surface area (TPSA) is 48.1 Å². The molecule has 1 heterocycles. The van der Waals surface area contributed by atoms with Crippen LogP contribution in [0.3, 0.4) is 0 Å². The van der Waals surface area contributed by atoms with E-state index in [0.717, 1.165) is 22.3 Å². The van der Waals surface area contributed by atoms with E-state index in [-0.39, 0.29) is 0 Å². The van der Waals surface area contributed by atoms with E-state index >= 15 is 0 Å². The number of benzene rings is 2. The van der Waals surface area contributed by atoms with Crippen LogP contribution < -0.4 is 10.5 Å². The summed E-state index contributed by atoms with van der Waals surface area (Å²) < 4.78 is 6.05. The number of nitrogens with zero attached hydrogens (tertiary/aromatic N) is 1. The van der Waals surface area contributed by atoms with Crippen molar-refractivity contribution in [3.63, 3.8) is 0 Å². The van der Waals surface area contributed by atoms with E-state index in [1.807, 2.05) is 30.3 Å². The van der Waals surface area contributed by atoms with Crippen LogP contribution in [0.15, 0.2) is 54.9 Å². The highest BCUT2D eigenvalue weighted by Gasteiger charge is 2.07. The molecule has 0 saturated heterocycles. The first-order valence-corrected chi connectivity index (χ1v) is 7.05. The molecule has 0 atom stereocenters. The molecule has 0 radical (unpaired) electrons. The Labute approximate surface area is 124 Å². The predicted octanol–water partition coefficient (Wildman–Crippen LogP) is 4.73. The molecule has 0 aliphatic carbocycles. The highest BCUT2D eigenvalue weighted by atomic mass is 16.5. The van der Waals surface area contributed by atoms with Gasteiger partial charge in [-0.25, -0.2) is 0 Å². The molecule has 0 fully saturated rings. The Kier molecular flexibility index (Phi) is 3.48. The maximum Gasteiger partial charge on any atom is 0.135 e. The molecule has 2 N–H and O–H groups in total. The molecule has 106 valence electrons. The van der Waals surface area contributed by atoms with Crippen LogP contribution in [0.5, 0.6) is 11.5 Å². The van der Waals surface area contributed by atoms with Crippen LogP contribution in [-0.4, -0.2) is 4.98 Å². The fourth-order valence-corrected chi connectivity index (χ4v) is 2.34. The van der Waals surface area contributed by atoms with Crippen LogP contribution in [0.2, 0.25) is 0 Å². The van der Waals surface area contributed by atoms with E-state index in [1.54, 1.807) is 12.4 Å². The van der Waals surface area contributed by atoms with Gasteiger partial charge in [-0.15, -0.1) is 0 Å². The number of nitrogens with two attached hydrogens (primary N) is 1. The number of pyridine rings is 1. The maximum absolute atomic E-state index is 6.05. The van der Waals surface area contributed by atoms with E-state index in [4.69, 9.17) is 10.5 Å². The fraction of sp³-hybridized carbons (Fsp3) is 0.167. The maximum atomic E-state index is 6.05. The first-order chi connectivity index (χ1) is 10.1.